The standard InChI is InChI=1S/C21H20F3N5O3/c1-32-18-9-16-13(10-29(28-16)14-4-2-12(11-30)3-5-14)8-17(18)26-19(31)15-6-7-25-20(27-15)21(22,23)24/h6-12,14H,2-5H2,1H3,(H,26,31). The van der Waals surface area contributed by atoms with Crippen LogP contribution in [0.2, 0.25) is 0 Å². The monoisotopic (exact) mass is 447 g/mol. The van der Waals surface area contributed by atoms with Crippen LogP contribution in [-0.2, 0) is 11.0 Å². The quantitative estimate of drug-likeness (QED) is 0.593. The van der Waals surface area contributed by atoms with Crippen LogP contribution in [-0.4, -0.2) is 39.1 Å². The van der Waals surface area contributed by atoms with Gasteiger partial charge in [0.2, 0.25) is 5.82 Å². The predicted octanol–water partition coefficient (Wildman–Crippen LogP) is 4.04. The number of alkyl halides is 3. The molecule has 0 saturated heterocycles. The Hall–Kier alpha value is -3.50. The normalized spacial score (nSPS) is 19.0. The third-order valence-corrected chi connectivity index (χ3v) is 5.54. The molecule has 2 heterocycles. The maximum atomic E-state index is 12.8. The maximum Gasteiger partial charge on any atom is 0.451 e. The number of amides is 1. The van der Waals surface area contributed by atoms with E-state index in [1.165, 1.54) is 7.11 Å². The Labute approximate surface area is 180 Å². The Balaban J connectivity index is 1.59. The minimum Gasteiger partial charge on any atom is -0.494 e. The first-order valence-electron chi connectivity index (χ1n) is 10.0. The van der Waals surface area contributed by atoms with Gasteiger partial charge in [-0.3, -0.25) is 9.48 Å². The molecular formula is C21H20F3N5O3. The summed E-state index contributed by atoms with van der Waals surface area (Å²) in [4.78, 5) is 30.0. The number of anilines is 1. The Bertz CT molecular complexity index is 1150. The first-order valence-corrected chi connectivity index (χ1v) is 10.0. The first kappa shape index (κ1) is 21.7. The highest BCUT2D eigenvalue weighted by atomic mass is 19.4. The minimum atomic E-state index is -4.76. The highest BCUT2D eigenvalue weighted by Crippen LogP contribution is 2.34. The Morgan fingerprint density at radius 1 is 1.25 bits per heavy atom. The molecule has 1 saturated carbocycles. The summed E-state index contributed by atoms with van der Waals surface area (Å²) >= 11 is 0. The van der Waals surface area contributed by atoms with Gasteiger partial charge >= 0.3 is 6.18 Å². The maximum absolute atomic E-state index is 12.8. The second kappa shape index (κ2) is 8.56. The summed E-state index contributed by atoms with van der Waals surface area (Å²) in [5, 5.41) is 7.89. The van der Waals surface area contributed by atoms with Crippen molar-refractivity contribution < 1.29 is 27.5 Å². The van der Waals surface area contributed by atoms with Crippen LogP contribution >= 0.6 is 0 Å². The number of benzene rings is 1. The summed E-state index contributed by atoms with van der Waals surface area (Å²) in [5.41, 5.74) is 0.511. The van der Waals surface area contributed by atoms with E-state index in [-0.39, 0.29) is 17.6 Å². The Kier molecular flexibility index (Phi) is 5.81. The largest absolute Gasteiger partial charge is 0.494 e. The summed E-state index contributed by atoms with van der Waals surface area (Å²) in [5.74, 6) is -1.81. The van der Waals surface area contributed by atoms with E-state index in [9.17, 15) is 22.8 Å². The fourth-order valence-corrected chi connectivity index (χ4v) is 3.84. The Morgan fingerprint density at radius 3 is 2.66 bits per heavy atom. The number of halogens is 3. The van der Waals surface area contributed by atoms with Crippen LogP contribution in [0.3, 0.4) is 0 Å². The van der Waals surface area contributed by atoms with Gasteiger partial charge in [0.25, 0.3) is 5.91 Å². The average Bonchev–Trinajstić information content (AvgIpc) is 3.21. The summed E-state index contributed by atoms with van der Waals surface area (Å²) in [6, 6.07) is 4.57. The lowest BCUT2D eigenvalue weighted by Gasteiger charge is -2.25. The predicted molar refractivity (Wildman–Crippen MR) is 108 cm³/mol. The summed E-state index contributed by atoms with van der Waals surface area (Å²) < 4.78 is 45.7. The van der Waals surface area contributed by atoms with Crippen LogP contribution < -0.4 is 10.1 Å². The van der Waals surface area contributed by atoms with Crippen LogP contribution in [0.5, 0.6) is 5.75 Å². The molecule has 0 bridgehead atoms. The molecule has 1 aromatic carbocycles. The smallest absolute Gasteiger partial charge is 0.451 e. The van der Waals surface area contributed by atoms with Gasteiger partial charge in [-0.05, 0) is 37.8 Å². The summed E-state index contributed by atoms with van der Waals surface area (Å²) in [6.45, 7) is 0. The van der Waals surface area contributed by atoms with Crippen LogP contribution in [0.25, 0.3) is 10.9 Å². The van der Waals surface area contributed by atoms with Crippen molar-refractivity contribution in [2.24, 2.45) is 5.92 Å². The SMILES string of the molecule is COc1cc2nn(C3CCC(C=O)CC3)cc2cc1NC(=O)c1ccnc(C(F)(F)F)n1. The van der Waals surface area contributed by atoms with Gasteiger partial charge in [0.15, 0.2) is 0 Å². The van der Waals surface area contributed by atoms with Gasteiger partial charge in [0.1, 0.15) is 17.7 Å². The molecule has 8 nitrogen and oxygen atoms in total. The number of nitrogens with zero attached hydrogens (tertiary/aromatic N) is 4. The van der Waals surface area contributed by atoms with E-state index >= 15 is 0 Å². The fourth-order valence-electron chi connectivity index (χ4n) is 3.84. The van der Waals surface area contributed by atoms with Crippen LogP contribution in [0, 0.1) is 5.92 Å². The van der Waals surface area contributed by atoms with Gasteiger partial charge in [-0.15, -0.1) is 0 Å². The molecule has 1 aliphatic rings. The van der Waals surface area contributed by atoms with Crippen molar-refractivity contribution in [3.8, 4) is 5.75 Å². The fraction of sp³-hybridized carbons (Fsp3) is 0.381. The average molecular weight is 447 g/mol. The lowest BCUT2D eigenvalue weighted by Crippen LogP contribution is -2.19. The number of nitrogens with one attached hydrogen (secondary N) is 1. The van der Waals surface area contributed by atoms with Gasteiger partial charge in [-0.25, -0.2) is 9.97 Å². The molecule has 0 unspecified atom stereocenters. The molecule has 3 aromatic rings. The molecule has 2 aromatic heterocycles. The van der Waals surface area contributed by atoms with Crippen molar-refractivity contribution in [3.63, 3.8) is 0 Å². The molecule has 0 radical (unpaired) electrons. The number of hydrogen-bond acceptors (Lipinski definition) is 6. The van der Waals surface area contributed by atoms with Crippen molar-refractivity contribution >= 4 is 28.8 Å². The van der Waals surface area contributed by atoms with Crippen molar-refractivity contribution in [2.75, 3.05) is 12.4 Å². The molecule has 1 fully saturated rings. The van der Waals surface area contributed by atoms with Crippen molar-refractivity contribution in [3.05, 3.63) is 42.1 Å². The van der Waals surface area contributed by atoms with E-state index in [1.807, 2.05) is 10.9 Å². The third kappa shape index (κ3) is 4.41. The Morgan fingerprint density at radius 2 is 2.00 bits per heavy atom. The zero-order chi connectivity index (χ0) is 22.9. The van der Waals surface area contributed by atoms with Crippen molar-refractivity contribution in [1.82, 2.24) is 19.7 Å². The number of aromatic nitrogens is 4. The van der Waals surface area contributed by atoms with E-state index in [2.05, 4.69) is 20.4 Å². The molecule has 4 rings (SSSR count). The molecule has 0 aliphatic heterocycles. The lowest BCUT2D eigenvalue weighted by molar-refractivity contribution is -0.145. The van der Waals surface area contributed by atoms with E-state index in [1.54, 1.807) is 12.1 Å². The van der Waals surface area contributed by atoms with Gasteiger partial charge in [0.05, 0.1) is 24.4 Å². The van der Waals surface area contributed by atoms with Gasteiger partial charge in [0, 0.05) is 29.8 Å². The van der Waals surface area contributed by atoms with Gasteiger partial charge < -0.3 is 14.8 Å². The number of ether oxygens (including phenoxy) is 1. The third-order valence-electron chi connectivity index (χ3n) is 5.54. The highest BCUT2D eigenvalue weighted by Gasteiger charge is 2.35. The van der Waals surface area contributed by atoms with Crippen molar-refractivity contribution in [1.29, 1.82) is 0 Å². The molecule has 0 atom stereocenters. The van der Waals surface area contributed by atoms with E-state index in [0.29, 0.717) is 11.3 Å². The zero-order valence-corrected chi connectivity index (χ0v) is 17.1. The number of hydrogen-bond donors (Lipinski definition) is 1. The number of aldehydes is 1. The van der Waals surface area contributed by atoms with Crippen molar-refractivity contribution in [2.45, 2.75) is 37.9 Å². The second-order valence-electron chi connectivity index (χ2n) is 7.64. The van der Waals surface area contributed by atoms with E-state index < -0.39 is 23.6 Å². The van der Waals surface area contributed by atoms with Gasteiger partial charge in [-0.2, -0.15) is 18.3 Å². The zero-order valence-electron chi connectivity index (χ0n) is 17.1. The molecule has 1 aliphatic carbocycles. The molecule has 0 spiro atoms. The molecule has 168 valence electrons. The highest BCUT2D eigenvalue weighted by molar-refractivity contribution is 6.05. The molecule has 1 N–H and O–H groups in total. The summed E-state index contributed by atoms with van der Waals surface area (Å²) in [6.07, 6.45) is 2.29. The topological polar surface area (TPSA) is 99.0 Å². The minimum absolute atomic E-state index is 0.0952. The molecule has 32 heavy (non-hydrogen) atoms. The molecule has 1 amide bonds. The van der Waals surface area contributed by atoms with Crippen LogP contribution in [0.15, 0.2) is 30.6 Å². The summed E-state index contributed by atoms with van der Waals surface area (Å²) in [7, 11) is 1.42. The van der Waals surface area contributed by atoms with E-state index in [0.717, 1.165) is 49.6 Å². The number of methoxy groups -OCH3 is 1. The van der Waals surface area contributed by atoms with Crippen LogP contribution in [0.4, 0.5) is 18.9 Å². The van der Waals surface area contributed by atoms with Gasteiger partial charge in [-0.1, -0.05) is 0 Å². The molecular weight excluding hydrogens is 427 g/mol. The number of carbonyl (C=O) groups is 2. The van der Waals surface area contributed by atoms with Crippen LogP contribution in [0.1, 0.15) is 48.0 Å². The number of carbonyl (C=O) groups excluding carboxylic acids is 2. The molecule has 11 heteroatoms. The lowest BCUT2D eigenvalue weighted by atomic mass is 9.87. The first-order chi connectivity index (χ1) is 15.3. The number of rotatable bonds is 5. The second-order valence-corrected chi connectivity index (χ2v) is 7.64. The van der Waals surface area contributed by atoms with E-state index in [4.69, 9.17) is 4.74 Å². The number of fused-ring (bicyclic) bond motifs is 1.